The van der Waals surface area contributed by atoms with Gasteiger partial charge in [0.2, 0.25) is 0 Å². The van der Waals surface area contributed by atoms with Gasteiger partial charge in [0.25, 0.3) is 6.71 Å². The SMILES string of the molecule is Cc1cc(-c2cc3ccccc3o2)cc(C)c1N1c2ccc(C(C)(C)C)cc2B2c3c1cc(C(C)C)cc3N(c1c(C)cc(C(C)(C)C)cc1C)c1sc3ccc(C(C)(C)C)cc3c12. The summed E-state index contributed by atoms with van der Waals surface area (Å²) in [5, 5.41) is 3.83. The zero-order chi connectivity index (χ0) is 45.5. The molecule has 0 bridgehead atoms. The predicted molar refractivity (Wildman–Crippen MR) is 280 cm³/mol. The number of thiophene rings is 1. The van der Waals surface area contributed by atoms with E-state index in [0.29, 0.717) is 5.92 Å². The van der Waals surface area contributed by atoms with Crippen LogP contribution in [-0.2, 0) is 16.2 Å². The van der Waals surface area contributed by atoms with Crippen LogP contribution in [-0.4, -0.2) is 6.71 Å². The summed E-state index contributed by atoms with van der Waals surface area (Å²) in [4.78, 5) is 5.33. The third-order valence-corrected chi connectivity index (χ3v) is 15.3. The van der Waals surface area contributed by atoms with E-state index < -0.39 is 0 Å². The Morgan fingerprint density at radius 3 is 1.72 bits per heavy atom. The second kappa shape index (κ2) is 14.5. The highest BCUT2D eigenvalue weighted by atomic mass is 32.1. The van der Waals surface area contributed by atoms with Gasteiger partial charge in [-0.25, -0.2) is 0 Å². The van der Waals surface area contributed by atoms with Crippen molar-refractivity contribution in [1.82, 2.24) is 0 Å². The summed E-state index contributed by atoms with van der Waals surface area (Å²) in [6, 6.07) is 39.8. The lowest BCUT2D eigenvalue weighted by atomic mass is 9.33. The van der Waals surface area contributed by atoms with Crippen LogP contribution in [0, 0.1) is 27.7 Å². The molecule has 0 spiro atoms. The minimum Gasteiger partial charge on any atom is -0.456 e. The summed E-state index contributed by atoms with van der Waals surface area (Å²) in [6.45, 7) is 35.1. The van der Waals surface area contributed by atoms with E-state index >= 15 is 0 Å². The lowest BCUT2D eigenvalue weighted by molar-refractivity contribution is 0.589. The zero-order valence-corrected chi connectivity index (χ0v) is 41.5. The summed E-state index contributed by atoms with van der Waals surface area (Å²) in [7, 11) is 0. The minimum atomic E-state index is -0.0345. The summed E-state index contributed by atoms with van der Waals surface area (Å²) in [5.74, 6) is 1.21. The van der Waals surface area contributed by atoms with Crippen molar-refractivity contribution in [3.8, 4) is 11.3 Å². The van der Waals surface area contributed by atoms with Crippen LogP contribution in [0.25, 0.3) is 32.4 Å². The summed E-state index contributed by atoms with van der Waals surface area (Å²) < 4.78 is 7.81. The molecule has 324 valence electrons. The molecule has 2 aromatic heterocycles. The molecule has 0 saturated carbocycles. The Morgan fingerprint density at radius 1 is 0.547 bits per heavy atom. The molecule has 0 fully saturated rings. The maximum absolute atomic E-state index is 6.47. The van der Waals surface area contributed by atoms with Gasteiger partial charge in [0.1, 0.15) is 11.3 Å². The van der Waals surface area contributed by atoms with E-state index in [9.17, 15) is 0 Å². The third-order valence-electron chi connectivity index (χ3n) is 14.1. The first kappa shape index (κ1) is 42.4. The highest BCUT2D eigenvalue weighted by molar-refractivity contribution is 7.26. The summed E-state index contributed by atoms with van der Waals surface area (Å²) in [5.41, 5.74) is 23.0. The molecule has 0 amide bonds. The van der Waals surface area contributed by atoms with Crippen molar-refractivity contribution in [3.63, 3.8) is 0 Å². The smallest absolute Gasteiger partial charge is 0.254 e. The van der Waals surface area contributed by atoms with Gasteiger partial charge in [-0.15, -0.1) is 11.3 Å². The average Bonchev–Trinajstić information content (AvgIpc) is 3.82. The Morgan fingerprint density at radius 2 is 1.11 bits per heavy atom. The molecule has 0 unspecified atom stereocenters. The fraction of sp³-hybridized carbons (Fsp3) is 0.322. The van der Waals surface area contributed by atoms with Gasteiger partial charge in [0.05, 0.1) is 16.4 Å². The first-order valence-corrected chi connectivity index (χ1v) is 24.1. The van der Waals surface area contributed by atoms with Crippen molar-refractivity contribution >= 4 is 88.9 Å². The van der Waals surface area contributed by atoms with Crippen molar-refractivity contribution in [1.29, 1.82) is 0 Å². The van der Waals surface area contributed by atoms with Crippen LogP contribution < -0.4 is 26.2 Å². The summed E-state index contributed by atoms with van der Waals surface area (Å²) in [6.07, 6.45) is 0. The standard InChI is InChI=1S/C59H63BN2OS/c1-33(2)39-28-47-53-48(29-39)62(55-36(5)26-43(27-37(55)6)59(13,14)15)56-52(44-31-41(57(7,8)9)21-23-51(44)64-56)60(53)45-32-42(58(10,11)12)20-22-46(45)61(47)54-34(3)24-40(25-35(54)4)50-30-38-18-16-17-19-49(38)63-50/h16-33H,1-15H3. The van der Waals surface area contributed by atoms with Gasteiger partial charge in [-0.1, -0.05) is 131 Å². The van der Waals surface area contributed by atoms with E-state index in [1.54, 1.807) is 0 Å². The highest BCUT2D eigenvalue weighted by Crippen LogP contribution is 2.52. The van der Waals surface area contributed by atoms with Crippen molar-refractivity contribution < 1.29 is 4.42 Å². The van der Waals surface area contributed by atoms with Gasteiger partial charge >= 0.3 is 0 Å². The molecular formula is C59H63BN2OS. The third kappa shape index (κ3) is 6.67. The number of fused-ring (bicyclic) bond motifs is 7. The molecule has 0 saturated heterocycles. The molecular weight excluding hydrogens is 796 g/mol. The molecule has 0 N–H and O–H groups in total. The van der Waals surface area contributed by atoms with Crippen LogP contribution in [0.1, 0.15) is 127 Å². The number of rotatable bonds is 4. The van der Waals surface area contributed by atoms with Gasteiger partial charge in [-0.2, -0.15) is 0 Å². The van der Waals surface area contributed by atoms with E-state index in [1.165, 1.54) is 104 Å². The van der Waals surface area contributed by atoms with Gasteiger partial charge in [-0.05, 0) is 165 Å². The zero-order valence-electron chi connectivity index (χ0n) is 40.7. The monoisotopic (exact) mass is 858 g/mol. The number of furan rings is 1. The molecule has 5 heteroatoms. The van der Waals surface area contributed by atoms with E-state index in [-0.39, 0.29) is 23.0 Å². The Bertz CT molecular complexity index is 3130. The molecule has 10 rings (SSSR count). The Balaban J connectivity index is 1.33. The van der Waals surface area contributed by atoms with Gasteiger partial charge in [-0.3, -0.25) is 0 Å². The van der Waals surface area contributed by atoms with Crippen LogP contribution in [0.15, 0.2) is 108 Å². The fourth-order valence-corrected chi connectivity index (χ4v) is 11.8. The number of anilines is 6. The molecule has 6 aromatic carbocycles. The number of hydrogen-bond acceptors (Lipinski definition) is 4. The molecule has 0 aliphatic carbocycles. The first-order chi connectivity index (χ1) is 30.1. The van der Waals surface area contributed by atoms with Gasteiger partial charge in [0, 0.05) is 32.7 Å². The minimum absolute atomic E-state index is 0.00677. The first-order valence-electron chi connectivity index (χ1n) is 23.3. The van der Waals surface area contributed by atoms with E-state index in [2.05, 4.69) is 211 Å². The number of benzene rings is 6. The van der Waals surface area contributed by atoms with Crippen molar-refractivity contribution in [2.75, 3.05) is 9.80 Å². The average molecular weight is 859 g/mol. The molecule has 2 aliphatic heterocycles. The highest BCUT2D eigenvalue weighted by Gasteiger charge is 2.47. The quantitative estimate of drug-likeness (QED) is 0.164. The maximum atomic E-state index is 6.47. The normalized spacial score (nSPS) is 13.9. The van der Waals surface area contributed by atoms with Crippen LogP contribution >= 0.6 is 11.3 Å². The molecule has 4 heterocycles. The molecule has 0 atom stereocenters. The fourth-order valence-electron chi connectivity index (χ4n) is 10.6. The second-order valence-corrected chi connectivity index (χ2v) is 23.4. The maximum Gasteiger partial charge on any atom is 0.254 e. The number of hydrogen-bond donors (Lipinski definition) is 0. The van der Waals surface area contributed by atoms with E-state index in [0.717, 1.165) is 22.3 Å². The number of aryl methyl sites for hydroxylation is 4. The summed E-state index contributed by atoms with van der Waals surface area (Å²) >= 11 is 1.97. The Kier molecular flexibility index (Phi) is 9.61. The van der Waals surface area contributed by atoms with Crippen LogP contribution in [0.5, 0.6) is 0 Å². The van der Waals surface area contributed by atoms with Gasteiger partial charge in [0.15, 0.2) is 0 Å². The van der Waals surface area contributed by atoms with Crippen molar-refractivity contribution in [2.24, 2.45) is 0 Å². The van der Waals surface area contributed by atoms with Crippen molar-refractivity contribution in [3.05, 3.63) is 148 Å². The Hall–Kier alpha value is -5.52. The number of nitrogens with zero attached hydrogens (tertiary/aromatic N) is 2. The molecule has 0 radical (unpaired) electrons. The molecule has 8 aromatic rings. The van der Waals surface area contributed by atoms with Crippen molar-refractivity contribution in [2.45, 2.75) is 126 Å². The van der Waals surface area contributed by atoms with Crippen LogP contribution in [0.3, 0.4) is 0 Å². The molecule has 2 aliphatic rings. The van der Waals surface area contributed by atoms with Crippen LogP contribution in [0.4, 0.5) is 33.4 Å². The Labute approximate surface area is 386 Å². The lowest BCUT2D eigenvalue weighted by Crippen LogP contribution is -2.61. The second-order valence-electron chi connectivity index (χ2n) is 22.4. The topological polar surface area (TPSA) is 19.6 Å². The van der Waals surface area contributed by atoms with Gasteiger partial charge < -0.3 is 14.2 Å². The largest absolute Gasteiger partial charge is 0.456 e. The van der Waals surface area contributed by atoms with E-state index in [1.807, 2.05) is 17.4 Å². The predicted octanol–water partition coefficient (Wildman–Crippen LogP) is 15.6. The number of para-hydroxylation sites is 1. The van der Waals surface area contributed by atoms with E-state index in [4.69, 9.17) is 4.42 Å². The lowest BCUT2D eigenvalue weighted by Gasteiger charge is -2.45. The molecule has 64 heavy (non-hydrogen) atoms. The van der Waals surface area contributed by atoms with Crippen LogP contribution in [0.2, 0.25) is 0 Å². The molecule has 3 nitrogen and oxygen atoms in total.